The summed E-state index contributed by atoms with van der Waals surface area (Å²) in [5.41, 5.74) is 9.79. The van der Waals surface area contributed by atoms with Crippen molar-refractivity contribution in [1.29, 1.82) is 0 Å². The van der Waals surface area contributed by atoms with Crippen molar-refractivity contribution < 1.29 is 9.53 Å². The fourth-order valence-electron chi connectivity index (χ4n) is 3.86. The quantitative estimate of drug-likeness (QED) is 0.400. The van der Waals surface area contributed by atoms with E-state index in [1.807, 2.05) is 37.3 Å². The van der Waals surface area contributed by atoms with E-state index >= 15 is 0 Å². The average molecular weight is 354 g/mol. The number of aryl methyl sites for hydroxylation is 2. The lowest BCUT2D eigenvalue weighted by molar-refractivity contribution is 0.0528. The molecule has 0 saturated heterocycles. The minimum Gasteiger partial charge on any atom is -0.462 e. The molecule has 0 aliphatic heterocycles. The van der Waals surface area contributed by atoms with Crippen molar-refractivity contribution >= 4 is 5.97 Å². The molecule has 4 aliphatic carbocycles. The highest BCUT2D eigenvalue weighted by molar-refractivity contribution is 6.04. The number of fused-ring (bicyclic) bond motifs is 2. The zero-order valence-corrected chi connectivity index (χ0v) is 15.9. The Bertz CT molecular complexity index is 1040. The molecule has 4 rings (SSSR count). The summed E-state index contributed by atoms with van der Waals surface area (Å²) < 4.78 is 5.29. The van der Waals surface area contributed by atoms with Crippen molar-refractivity contribution in [1.82, 2.24) is 0 Å². The van der Waals surface area contributed by atoms with E-state index in [2.05, 4.69) is 50.2 Å². The van der Waals surface area contributed by atoms with Gasteiger partial charge in [0.15, 0.2) is 0 Å². The van der Waals surface area contributed by atoms with Gasteiger partial charge in [-0.1, -0.05) is 60.7 Å². The smallest absolute Gasteiger partial charge is 0.338 e. The van der Waals surface area contributed by atoms with Gasteiger partial charge in [0, 0.05) is 0 Å². The summed E-state index contributed by atoms with van der Waals surface area (Å²) in [5, 5.41) is 0. The molecule has 27 heavy (non-hydrogen) atoms. The summed E-state index contributed by atoms with van der Waals surface area (Å²) in [6, 6.07) is 22.8. The summed E-state index contributed by atoms with van der Waals surface area (Å²) in [6.07, 6.45) is 0. The van der Waals surface area contributed by atoms with Crippen molar-refractivity contribution in [3.63, 3.8) is 0 Å². The van der Waals surface area contributed by atoms with Gasteiger partial charge in [-0.25, -0.2) is 4.79 Å². The SMILES string of the molecule is CCOC(=O)c1cc(-c2cc(C)c3cccc-3c(C)c2)c2cccccc1-2. The van der Waals surface area contributed by atoms with Gasteiger partial charge < -0.3 is 4.74 Å². The van der Waals surface area contributed by atoms with Gasteiger partial charge in [-0.05, 0) is 71.3 Å². The van der Waals surface area contributed by atoms with Gasteiger partial charge >= 0.3 is 5.97 Å². The summed E-state index contributed by atoms with van der Waals surface area (Å²) in [6.45, 7) is 6.48. The van der Waals surface area contributed by atoms with Crippen LogP contribution in [0.3, 0.4) is 0 Å². The van der Waals surface area contributed by atoms with Crippen LogP contribution in [0.4, 0.5) is 0 Å². The summed E-state index contributed by atoms with van der Waals surface area (Å²) in [5.74, 6) is -0.271. The number of carbonyl (C=O) groups excluding carboxylic acids is 1. The van der Waals surface area contributed by atoms with Crippen molar-refractivity contribution in [2.24, 2.45) is 0 Å². The van der Waals surface area contributed by atoms with E-state index in [4.69, 9.17) is 4.74 Å². The number of hydrogen-bond donors (Lipinski definition) is 0. The first-order valence-corrected chi connectivity index (χ1v) is 9.29. The zero-order valence-electron chi connectivity index (χ0n) is 15.9. The van der Waals surface area contributed by atoms with Crippen LogP contribution in [0.1, 0.15) is 28.4 Å². The number of hydrogen-bond acceptors (Lipinski definition) is 2. The van der Waals surface area contributed by atoms with Gasteiger partial charge in [-0.2, -0.15) is 0 Å². The van der Waals surface area contributed by atoms with Gasteiger partial charge in [0.1, 0.15) is 0 Å². The molecule has 0 amide bonds. The summed E-state index contributed by atoms with van der Waals surface area (Å²) >= 11 is 0. The van der Waals surface area contributed by atoms with E-state index in [1.54, 1.807) is 0 Å². The maximum Gasteiger partial charge on any atom is 0.338 e. The minimum absolute atomic E-state index is 0.271. The average Bonchev–Trinajstić information content (AvgIpc) is 3.17. The standard InChI is InChI=1S/C25H22O2/c1-4-27-25(26)24-15-23(21-9-6-5-7-10-22(21)24)18-13-16(2)19-11-8-12-20(19)17(3)14-18/h5-15H,4H2,1-3H3. The molecule has 2 nitrogen and oxygen atoms in total. The molecule has 0 unspecified atom stereocenters. The molecule has 0 heterocycles. The molecule has 0 radical (unpaired) electrons. The van der Waals surface area contributed by atoms with Gasteiger partial charge in [0.05, 0.1) is 12.2 Å². The van der Waals surface area contributed by atoms with E-state index in [9.17, 15) is 4.79 Å². The number of esters is 1. The third-order valence-corrected chi connectivity index (χ3v) is 5.12. The second-order valence-electron chi connectivity index (χ2n) is 6.89. The molecule has 0 spiro atoms. The van der Waals surface area contributed by atoms with Crippen LogP contribution in [0, 0.1) is 13.8 Å². The summed E-state index contributed by atoms with van der Waals surface area (Å²) in [7, 11) is 0. The molecule has 0 atom stereocenters. The van der Waals surface area contributed by atoms with E-state index in [1.165, 1.54) is 22.3 Å². The zero-order chi connectivity index (χ0) is 19.0. The molecule has 4 aliphatic rings. The molecule has 0 N–H and O–H groups in total. The van der Waals surface area contributed by atoms with E-state index < -0.39 is 0 Å². The Morgan fingerprint density at radius 3 is 1.96 bits per heavy atom. The predicted octanol–water partition coefficient (Wildman–Crippen LogP) is 6.36. The molecular formula is C25H22O2. The third kappa shape index (κ3) is 2.97. The molecule has 0 aromatic heterocycles. The largest absolute Gasteiger partial charge is 0.462 e. The first-order chi connectivity index (χ1) is 13.1. The van der Waals surface area contributed by atoms with Crippen molar-refractivity contribution in [2.75, 3.05) is 6.61 Å². The fourth-order valence-corrected chi connectivity index (χ4v) is 3.86. The third-order valence-electron chi connectivity index (χ3n) is 5.12. The lowest BCUT2D eigenvalue weighted by Crippen LogP contribution is -2.03. The number of rotatable bonds is 3. The molecule has 0 saturated carbocycles. The topological polar surface area (TPSA) is 26.3 Å². The molecule has 134 valence electrons. The molecule has 0 aromatic carbocycles. The van der Waals surface area contributed by atoms with Gasteiger partial charge in [0.25, 0.3) is 0 Å². The van der Waals surface area contributed by atoms with Gasteiger partial charge in [-0.3, -0.25) is 0 Å². The van der Waals surface area contributed by atoms with Gasteiger partial charge in [-0.15, -0.1) is 0 Å². The van der Waals surface area contributed by atoms with Crippen LogP contribution in [0.25, 0.3) is 33.4 Å². The lowest BCUT2D eigenvalue weighted by Gasteiger charge is -2.02. The Balaban J connectivity index is 1.99. The molecule has 0 fully saturated rings. The van der Waals surface area contributed by atoms with Crippen molar-refractivity contribution in [3.8, 4) is 33.4 Å². The second kappa shape index (κ2) is 6.88. The Labute approximate surface area is 160 Å². The highest BCUT2D eigenvalue weighted by atomic mass is 16.5. The highest BCUT2D eigenvalue weighted by Gasteiger charge is 2.22. The Kier molecular flexibility index (Phi) is 4.41. The summed E-state index contributed by atoms with van der Waals surface area (Å²) in [4.78, 5) is 12.5. The maximum atomic E-state index is 12.5. The van der Waals surface area contributed by atoms with Crippen molar-refractivity contribution in [3.05, 3.63) is 83.4 Å². The predicted molar refractivity (Wildman–Crippen MR) is 111 cm³/mol. The molecule has 0 bridgehead atoms. The lowest BCUT2D eigenvalue weighted by atomic mass is 10.0. The normalized spacial score (nSPS) is 11.1. The number of carbonyl (C=O) groups is 1. The first-order valence-electron chi connectivity index (χ1n) is 9.29. The highest BCUT2D eigenvalue weighted by Crippen LogP contribution is 2.41. The van der Waals surface area contributed by atoms with Crippen LogP contribution in [0.5, 0.6) is 0 Å². The Morgan fingerprint density at radius 2 is 1.33 bits per heavy atom. The van der Waals surface area contributed by atoms with Crippen LogP contribution in [-0.4, -0.2) is 12.6 Å². The Hall–Kier alpha value is -3.13. The molecule has 2 heteroatoms. The monoisotopic (exact) mass is 354 g/mol. The minimum atomic E-state index is -0.271. The first kappa shape index (κ1) is 17.3. The van der Waals surface area contributed by atoms with Crippen LogP contribution in [0.15, 0.2) is 66.7 Å². The molecule has 0 aromatic rings. The van der Waals surface area contributed by atoms with Crippen LogP contribution >= 0.6 is 0 Å². The Morgan fingerprint density at radius 1 is 0.741 bits per heavy atom. The van der Waals surface area contributed by atoms with E-state index in [0.29, 0.717) is 12.2 Å². The second-order valence-corrected chi connectivity index (χ2v) is 6.89. The van der Waals surface area contributed by atoms with Crippen LogP contribution in [-0.2, 0) is 4.74 Å². The van der Waals surface area contributed by atoms with Crippen molar-refractivity contribution in [2.45, 2.75) is 20.8 Å². The fraction of sp³-hybridized carbons (Fsp3) is 0.160. The van der Waals surface area contributed by atoms with Crippen LogP contribution in [0.2, 0.25) is 0 Å². The van der Waals surface area contributed by atoms with E-state index in [0.717, 1.165) is 22.3 Å². The van der Waals surface area contributed by atoms with Gasteiger partial charge in [0.2, 0.25) is 0 Å². The van der Waals surface area contributed by atoms with E-state index in [-0.39, 0.29) is 5.97 Å². The molecular weight excluding hydrogens is 332 g/mol. The maximum absolute atomic E-state index is 12.5. The number of ether oxygens (including phenoxy) is 1. The van der Waals surface area contributed by atoms with Crippen LogP contribution < -0.4 is 0 Å².